The van der Waals surface area contributed by atoms with Crippen molar-refractivity contribution < 1.29 is 9.90 Å². The molecule has 0 aromatic rings. The molecule has 0 aromatic heterocycles. The van der Waals surface area contributed by atoms with Gasteiger partial charge in [0.25, 0.3) is 0 Å². The van der Waals surface area contributed by atoms with E-state index in [1.54, 1.807) is 0 Å². The van der Waals surface area contributed by atoms with Gasteiger partial charge in [-0.2, -0.15) is 0 Å². The molecule has 0 aromatic carbocycles. The van der Waals surface area contributed by atoms with Gasteiger partial charge in [-0.15, -0.1) is 0 Å². The Morgan fingerprint density at radius 2 is 2.13 bits per heavy atom. The molecular weight excluding hydrogens is 190 g/mol. The predicted molar refractivity (Wildman–Crippen MR) is 60.5 cm³/mol. The Hall–Kier alpha value is -0.570. The normalized spacial score (nSPS) is 28.5. The fourth-order valence-electron chi connectivity index (χ4n) is 2.17. The van der Waals surface area contributed by atoms with Crippen LogP contribution in [-0.4, -0.2) is 23.2 Å². The van der Waals surface area contributed by atoms with Crippen LogP contribution in [0.1, 0.15) is 52.4 Å². The molecule has 3 nitrogen and oxygen atoms in total. The van der Waals surface area contributed by atoms with E-state index in [4.69, 9.17) is 0 Å². The molecule has 0 heterocycles. The number of amides is 1. The Morgan fingerprint density at radius 1 is 1.47 bits per heavy atom. The van der Waals surface area contributed by atoms with Crippen molar-refractivity contribution in [1.82, 2.24) is 5.32 Å². The Kier molecular flexibility index (Phi) is 5.09. The van der Waals surface area contributed by atoms with Gasteiger partial charge in [0, 0.05) is 5.92 Å². The first-order valence-electron chi connectivity index (χ1n) is 6.13. The molecule has 0 spiro atoms. The molecule has 1 unspecified atom stereocenters. The number of nitrogens with one attached hydrogen (secondary N) is 1. The lowest BCUT2D eigenvalue weighted by Crippen LogP contribution is -2.46. The summed E-state index contributed by atoms with van der Waals surface area (Å²) in [6, 6.07) is -0.00874. The lowest BCUT2D eigenvalue weighted by Gasteiger charge is -2.29. The van der Waals surface area contributed by atoms with Crippen molar-refractivity contribution in [2.75, 3.05) is 0 Å². The van der Waals surface area contributed by atoms with E-state index in [-0.39, 0.29) is 24.0 Å². The van der Waals surface area contributed by atoms with Crippen molar-refractivity contribution in [3.8, 4) is 0 Å². The largest absolute Gasteiger partial charge is 0.391 e. The van der Waals surface area contributed by atoms with E-state index in [1.807, 2.05) is 6.92 Å². The maximum absolute atomic E-state index is 11.7. The lowest BCUT2D eigenvalue weighted by molar-refractivity contribution is -0.126. The second kappa shape index (κ2) is 6.11. The monoisotopic (exact) mass is 213 g/mol. The number of rotatable bonds is 4. The second-order valence-electron chi connectivity index (χ2n) is 4.66. The molecule has 1 fully saturated rings. The van der Waals surface area contributed by atoms with Crippen LogP contribution in [0.3, 0.4) is 0 Å². The molecule has 1 amide bonds. The number of aliphatic hydroxyl groups excluding tert-OH is 1. The van der Waals surface area contributed by atoms with E-state index in [0.29, 0.717) is 0 Å². The number of hydrogen-bond acceptors (Lipinski definition) is 2. The number of carbonyl (C=O) groups excluding carboxylic acids is 1. The van der Waals surface area contributed by atoms with E-state index < -0.39 is 0 Å². The Labute approximate surface area is 92.3 Å². The minimum atomic E-state index is -0.337. The molecular formula is C12H23NO2. The summed E-state index contributed by atoms with van der Waals surface area (Å²) in [5.41, 5.74) is 0. The van der Waals surface area contributed by atoms with Gasteiger partial charge in [0.1, 0.15) is 0 Å². The summed E-state index contributed by atoms with van der Waals surface area (Å²) in [6.07, 6.45) is 5.56. The van der Waals surface area contributed by atoms with Gasteiger partial charge in [0.15, 0.2) is 0 Å². The van der Waals surface area contributed by atoms with Crippen LogP contribution in [0.5, 0.6) is 0 Å². The van der Waals surface area contributed by atoms with E-state index in [1.165, 1.54) is 0 Å². The predicted octanol–water partition coefficient (Wildman–Crippen LogP) is 1.84. The highest BCUT2D eigenvalue weighted by Crippen LogP contribution is 2.19. The molecule has 2 N–H and O–H groups in total. The van der Waals surface area contributed by atoms with Crippen LogP contribution in [0.15, 0.2) is 0 Å². The standard InChI is InChI=1S/C12H23NO2/c1-3-6-9(2)12(15)13-10-7-4-5-8-11(10)14/h9-11,14H,3-8H2,1-2H3,(H,13,15)/t9?,10-,11-/m1/s1. The van der Waals surface area contributed by atoms with Crippen LogP contribution in [0.4, 0.5) is 0 Å². The van der Waals surface area contributed by atoms with Crippen molar-refractivity contribution in [2.24, 2.45) is 5.92 Å². The van der Waals surface area contributed by atoms with Gasteiger partial charge in [-0.1, -0.05) is 33.1 Å². The molecule has 0 saturated heterocycles. The minimum absolute atomic E-state index is 0.00874. The first-order valence-corrected chi connectivity index (χ1v) is 6.13. The minimum Gasteiger partial charge on any atom is -0.391 e. The SMILES string of the molecule is CCCC(C)C(=O)N[C@@H]1CCCC[C@H]1O. The smallest absolute Gasteiger partial charge is 0.223 e. The molecule has 15 heavy (non-hydrogen) atoms. The Morgan fingerprint density at radius 3 is 2.73 bits per heavy atom. The Balaban J connectivity index is 2.35. The molecule has 1 aliphatic carbocycles. The number of aliphatic hydroxyl groups is 1. The third-order valence-corrected chi connectivity index (χ3v) is 3.23. The zero-order chi connectivity index (χ0) is 11.3. The summed E-state index contributed by atoms with van der Waals surface area (Å²) in [7, 11) is 0. The topological polar surface area (TPSA) is 49.3 Å². The van der Waals surface area contributed by atoms with Gasteiger partial charge in [0.2, 0.25) is 5.91 Å². The zero-order valence-electron chi connectivity index (χ0n) is 9.83. The maximum atomic E-state index is 11.7. The van der Waals surface area contributed by atoms with Gasteiger partial charge >= 0.3 is 0 Å². The summed E-state index contributed by atoms with van der Waals surface area (Å²) in [5, 5.41) is 12.7. The van der Waals surface area contributed by atoms with E-state index >= 15 is 0 Å². The van der Waals surface area contributed by atoms with Gasteiger partial charge in [-0.25, -0.2) is 0 Å². The van der Waals surface area contributed by atoms with E-state index in [2.05, 4.69) is 12.2 Å². The third kappa shape index (κ3) is 3.82. The molecule has 88 valence electrons. The average Bonchev–Trinajstić information content (AvgIpc) is 2.21. The molecule has 0 radical (unpaired) electrons. The third-order valence-electron chi connectivity index (χ3n) is 3.23. The van der Waals surface area contributed by atoms with Crippen molar-refractivity contribution in [3.63, 3.8) is 0 Å². The summed E-state index contributed by atoms with van der Waals surface area (Å²) >= 11 is 0. The molecule has 1 saturated carbocycles. The quantitative estimate of drug-likeness (QED) is 0.748. The van der Waals surface area contributed by atoms with Crippen molar-refractivity contribution >= 4 is 5.91 Å². The first kappa shape index (κ1) is 12.5. The van der Waals surface area contributed by atoms with Gasteiger partial charge in [-0.3, -0.25) is 4.79 Å². The number of hydrogen-bond donors (Lipinski definition) is 2. The maximum Gasteiger partial charge on any atom is 0.223 e. The molecule has 0 aliphatic heterocycles. The van der Waals surface area contributed by atoms with Crippen LogP contribution in [-0.2, 0) is 4.79 Å². The van der Waals surface area contributed by atoms with Crippen molar-refractivity contribution in [3.05, 3.63) is 0 Å². The van der Waals surface area contributed by atoms with Crippen molar-refractivity contribution in [1.29, 1.82) is 0 Å². The fraction of sp³-hybridized carbons (Fsp3) is 0.917. The average molecular weight is 213 g/mol. The lowest BCUT2D eigenvalue weighted by atomic mass is 9.92. The first-order chi connectivity index (χ1) is 7.15. The summed E-state index contributed by atoms with van der Waals surface area (Å²) in [6.45, 7) is 4.03. The van der Waals surface area contributed by atoms with Gasteiger partial charge < -0.3 is 10.4 Å². The van der Waals surface area contributed by atoms with Gasteiger partial charge in [-0.05, 0) is 19.3 Å². The molecule has 3 atom stereocenters. The van der Waals surface area contributed by atoms with Crippen LogP contribution in [0.2, 0.25) is 0 Å². The van der Waals surface area contributed by atoms with Crippen LogP contribution < -0.4 is 5.32 Å². The highest BCUT2D eigenvalue weighted by atomic mass is 16.3. The highest BCUT2D eigenvalue weighted by Gasteiger charge is 2.25. The number of carbonyl (C=O) groups is 1. The molecule has 1 aliphatic rings. The van der Waals surface area contributed by atoms with Crippen molar-refractivity contribution in [2.45, 2.75) is 64.5 Å². The van der Waals surface area contributed by atoms with Gasteiger partial charge in [0.05, 0.1) is 12.1 Å². The fourth-order valence-corrected chi connectivity index (χ4v) is 2.17. The van der Waals surface area contributed by atoms with Crippen LogP contribution in [0, 0.1) is 5.92 Å². The summed E-state index contributed by atoms with van der Waals surface area (Å²) < 4.78 is 0. The summed E-state index contributed by atoms with van der Waals surface area (Å²) in [4.78, 5) is 11.7. The summed E-state index contributed by atoms with van der Waals surface area (Å²) in [5.74, 6) is 0.173. The van der Waals surface area contributed by atoms with Crippen LogP contribution in [0.25, 0.3) is 0 Å². The highest BCUT2D eigenvalue weighted by molar-refractivity contribution is 5.78. The molecule has 1 rings (SSSR count). The zero-order valence-corrected chi connectivity index (χ0v) is 9.83. The molecule has 3 heteroatoms. The van der Waals surface area contributed by atoms with Crippen LogP contribution >= 0.6 is 0 Å². The second-order valence-corrected chi connectivity index (χ2v) is 4.66. The van der Waals surface area contributed by atoms with E-state index in [9.17, 15) is 9.90 Å². The van der Waals surface area contributed by atoms with E-state index in [0.717, 1.165) is 38.5 Å². The Bertz CT molecular complexity index is 206. The molecule has 0 bridgehead atoms.